The van der Waals surface area contributed by atoms with Crippen LogP contribution in [-0.2, 0) is 24.3 Å². The second-order valence-electron chi connectivity index (χ2n) is 9.46. The first-order valence-corrected chi connectivity index (χ1v) is 13.2. The summed E-state index contributed by atoms with van der Waals surface area (Å²) in [5.74, 6) is 1.58. The number of aliphatic hydroxyl groups excluding tert-OH is 1. The van der Waals surface area contributed by atoms with Crippen molar-refractivity contribution in [3.05, 3.63) is 106 Å². The number of hydrogen-bond acceptors (Lipinski definition) is 8. The number of aliphatic hydroxyl groups is 1. The summed E-state index contributed by atoms with van der Waals surface area (Å²) < 4.78 is 8.07. The smallest absolute Gasteiger partial charge is 0.346 e. The van der Waals surface area contributed by atoms with Gasteiger partial charge in [0, 0.05) is 17.5 Å². The molecule has 40 heavy (non-hydrogen) atoms. The first kappa shape index (κ1) is 27.0. The second-order valence-corrected chi connectivity index (χ2v) is 9.46. The number of aliphatic imine (C=N–C) groups is 1. The summed E-state index contributed by atoms with van der Waals surface area (Å²) in [4.78, 5) is 35.3. The fraction of sp³-hybridized carbons (Fsp3) is 0.267. The molecule has 0 radical (unpaired) electrons. The van der Waals surface area contributed by atoms with Gasteiger partial charge in [-0.15, -0.1) is 0 Å². The van der Waals surface area contributed by atoms with Gasteiger partial charge in [-0.2, -0.15) is 5.10 Å². The summed E-state index contributed by atoms with van der Waals surface area (Å²) in [7, 11) is 1.57. The molecule has 1 aliphatic heterocycles. The molecule has 206 valence electrons. The molecule has 3 aromatic carbocycles. The zero-order valence-corrected chi connectivity index (χ0v) is 22.4. The highest BCUT2D eigenvalue weighted by Crippen LogP contribution is 2.26. The normalized spacial score (nSPS) is 14.6. The van der Waals surface area contributed by atoms with E-state index in [0.717, 1.165) is 35.1 Å². The fourth-order valence-corrected chi connectivity index (χ4v) is 4.58. The highest BCUT2D eigenvalue weighted by atomic mass is 16.7. The molecule has 0 spiro atoms. The molecule has 1 unspecified atom stereocenters. The van der Waals surface area contributed by atoms with Crippen LogP contribution in [0.4, 0.5) is 0 Å². The van der Waals surface area contributed by atoms with Gasteiger partial charge in [-0.25, -0.2) is 24.8 Å². The van der Waals surface area contributed by atoms with Gasteiger partial charge >= 0.3 is 5.69 Å². The zero-order chi connectivity index (χ0) is 28.1. The first-order valence-electron chi connectivity index (χ1n) is 13.2. The van der Waals surface area contributed by atoms with Crippen molar-refractivity contribution in [3.8, 4) is 16.9 Å². The van der Waals surface area contributed by atoms with Gasteiger partial charge in [0.25, 0.3) is 6.41 Å². The molecule has 4 aromatic rings. The van der Waals surface area contributed by atoms with E-state index >= 15 is 0 Å². The van der Waals surface area contributed by atoms with Crippen LogP contribution in [0.15, 0.2) is 82.6 Å². The molecule has 1 aliphatic rings. The van der Waals surface area contributed by atoms with Gasteiger partial charge in [-0.05, 0) is 47.4 Å². The number of methoxy groups -OCH3 is 1. The van der Waals surface area contributed by atoms with Crippen LogP contribution in [0.2, 0.25) is 0 Å². The van der Waals surface area contributed by atoms with Crippen molar-refractivity contribution in [2.24, 2.45) is 4.99 Å². The van der Waals surface area contributed by atoms with E-state index in [1.807, 2.05) is 48.5 Å². The third kappa shape index (κ3) is 5.88. The number of carbonyl (C=O) groups is 1. The highest BCUT2D eigenvalue weighted by molar-refractivity contribution is 6.04. The first-order chi connectivity index (χ1) is 19.5. The predicted octanol–water partition coefficient (Wildman–Crippen LogP) is 3.55. The molecule has 2 heterocycles. The Labute approximate surface area is 231 Å². The lowest BCUT2D eigenvalue weighted by atomic mass is 9.98. The van der Waals surface area contributed by atoms with Crippen molar-refractivity contribution in [1.82, 2.24) is 19.8 Å². The van der Waals surface area contributed by atoms with E-state index in [0.29, 0.717) is 35.9 Å². The Balaban J connectivity index is 1.38. The van der Waals surface area contributed by atoms with Crippen LogP contribution in [0, 0.1) is 0 Å². The number of ether oxygens (including phenoxy) is 1. The van der Waals surface area contributed by atoms with Crippen molar-refractivity contribution in [2.45, 2.75) is 45.7 Å². The second kappa shape index (κ2) is 12.1. The zero-order valence-electron chi connectivity index (χ0n) is 22.4. The van der Waals surface area contributed by atoms with E-state index in [1.165, 1.54) is 4.68 Å². The Bertz CT molecular complexity index is 1570. The number of nitrogens with zero attached hydrogens (tertiary/aromatic N) is 4. The Morgan fingerprint density at radius 1 is 1.05 bits per heavy atom. The van der Waals surface area contributed by atoms with Gasteiger partial charge in [0.2, 0.25) is 0 Å². The Kier molecular flexibility index (Phi) is 8.18. The standard InChI is InChI=1S/C30H31N5O5/c1-3-4-9-27-32-35(19-26(36)22-14-16-23(39-2)17-15-22)30(38)34(27)18-20-10-12-21(13-11-20)24-7-5-6-8-25(24)28-31-29(37)40-33-28/h5-8,10-17,29,37H,3-4,9,18-19H2,1-2H3,(H,31,33). The molecular weight excluding hydrogens is 510 g/mol. The minimum atomic E-state index is -1.24. The highest BCUT2D eigenvalue weighted by Gasteiger charge is 2.20. The lowest BCUT2D eigenvalue weighted by Crippen LogP contribution is -2.28. The molecule has 0 fully saturated rings. The summed E-state index contributed by atoms with van der Waals surface area (Å²) >= 11 is 0. The molecule has 5 rings (SSSR count). The number of aromatic nitrogens is 3. The third-order valence-corrected chi connectivity index (χ3v) is 6.75. The minimum absolute atomic E-state index is 0.136. The molecule has 0 bridgehead atoms. The van der Waals surface area contributed by atoms with Crippen molar-refractivity contribution in [3.63, 3.8) is 0 Å². The van der Waals surface area contributed by atoms with Crippen LogP contribution in [0.25, 0.3) is 11.1 Å². The number of Topliss-reactive ketones (excluding diaryl/α,β-unsaturated/α-hetero) is 1. The monoisotopic (exact) mass is 541 g/mol. The maximum atomic E-state index is 13.4. The number of ketones is 1. The van der Waals surface area contributed by atoms with Gasteiger partial charge in [0.1, 0.15) is 18.1 Å². The van der Waals surface area contributed by atoms with Gasteiger partial charge in [0.05, 0.1) is 13.7 Å². The van der Waals surface area contributed by atoms with Crippen LogP contribution in [0.3, 0.4) is 0 Å². The average molecular weight is 542 g/mol. The summed E-state index contributed by atoms with van der Waals surface area (Å²) in [5.41, 5.74) is 6.44. The largest absolute Gasteiger partial charge is 0.497 e. The van der Waals surface area contributed by atoms with Crippen molar-refractivity contribution in [2.75, 3.05) is 7.11 Å². The van der Waals surface area contributed by atoms with Crippen LogP contribution in [0.1, 0.15) is 47.1 Å². The van der Waals surface area contributed by atoms with E-state index in [9.17, 15) is 14.7 Å². The maximum absolute atomic E-state index is 13.4. The number of amidine groups is 1. The molecule has 1 atom stereocenters. The van der Waals surface area contributed by atoms with Crippen LogP contribution in [0.5, 0.6) is 5.75 Å². The van der Waals surface area contributed by atoms with E-state index < -0.39 is 6.41 Å². The molecule has 2 N–H and O–H groups in total. The van der Waals surface area contributed by atoms with Crippen LogP contribution in [-0.4, -0.2) is 44.6 Å². The van der Waals surface area contributed by atoms with Gasteiger partial charge < -0.3 is 9.84 Å². The molecule has 0 saturated carbocycles. The summed E-state index contributed by atoms with van der Waals surface area (Å²) in [6.45, 7) is 2.29. The number of rotatable bonds is 11. The summed E-state index contributed by atoms with van der Waals surface area (Å²) in [6, 6.07) is 22.4. The minimum Gasteiger partial charge on any atom is -0.497 e. The Morgan fingerprint density at radius 2 is 1.77 bits per heavy atom. The van der Waals surface area contributed by atoms with Gasteiger partial charge in [0.15, 0.2) is 11.6 Å². The quantitative estimate of drug-likeness (QED) is 0.279. The number of nitrogens with one attached hydrogen (secondary N) is 1. The number of benzene rings is 3. The van der Waals surface area contributed by atoms with Crippen molar-refractivity contribution in [1.29, 1.82) is 0 Å². The average Bonchev–Trinajstić information content (AvgIpc) is 3.55. The summed E-state index contributed by atoms with van der Waals surface area (Å²) in [5, 5.41) is 14.1. The molecule has 10 heteroatoms. The number of aryl methyl sites for hydroxylation is 1. The maximum Gasteiger partial charge on any atom is 0.346 e. The Morgan fingerprint density at radius 3 is 2.42 bits per heavy atom. The van der Waals surface area contributed by atoms with Crippen LogP contribution < -0.4 is 15.9 Å². The number of carbonyl (C=O) groups excluding carboxylic acids is 1. The van der Waals surface area contributed by atoms with Gasteiger partial charge in [-0.3, -0.25) is 9.36 Å². The van der Waals surface area contributed by atoms with Gasteiger partial charge in [-0.1, -0.05) is 61.9 Å². The summed E-state index contributed by atoms with van der Waals surface area (Å²) in [6.07, 6.45) is 1.25. The van der Waals surface area contributed by atoms with E-state index in [2.05, 4.69) is 22.5 Å². The van der Waals surface area contributed by atoms with E-state index in [-0.39, 0.29) is 18.0 Å². The van der Waals surface area contributed by atoms with E-state index in [1.54, 1.807) is 35.9 Å². The number of unbranched alkanes of at least 4 members (excludes halogenated alkanes) is 1. The number of hydrogen-bond donors (Lipinski definition) is 2. The lowest BCUT2D eigenvalue weighted by molar-refractivity contribution is -0.102. The molecule has 1 aromatic heterocycles. The molecular formula is C30H31N5O5. The van der Waals surface area contributed by atoms with E-state index in [4.69, 9.17) is 9.57 Å². The fourth-order valence-electron chi connectivity index (χ4n) is 4.58. The molecule has 0 amide bonds. The number of hydroxylamine groups is 1. The molecule has 0 aliphatic carbocycles. The van der Waals surface area contributed by atoms with Crippen molar-refractivity contribution < 1.29 is 19.5 Å². The SMILES string of the molecule is CCCCc1nn(CC(=O)c2ccc(OC)cc2)c(=O)n1Cc1ccc(-c2ccccc2C2=NC(O)ON2)cc1. The lowest BCUT2D eigenvalue weighted by Gasteiger charge is -2.11. The third-order valence-electron chi connectivity index (χ3n) is 6.75. The topological polar surface area (TPSA) is 120 Å². The molecule has 0 saturated heterocycles. The van der Waals surface area contributed by atoms with Crippen LogP contribution >= 0.6 is 0 Å². The van der Waals surface area contributed by atoms with Crippen molar-refractivity contribution >= 4 is 11.6 Å². The Hall–Kier alpha value is -4.54. The predicted molar refractivity (Wildman–Crippen MR) is 150 cm³/mol. The molecule has 10 nitrogen and oxygen atoms in total.